The van der Waals surface area contributed by atoms with Gasteiger partial charge in [-0.25, -0.2) is 9.59 Å². The average Bonchev–Trinajstić information content (AvgIpc) is 2.50. The number of carboxylic acid groups (broad SMARTS) is 1. The summed E-state index contributed by atoms with van der Waals surface area (Å²) in [6.45, 7) is 0. The smallest absolute Gasteiger partial charge is 0.349 e. The lowest BCUT2D eigenvalue weighted by molar-refractivity contribution is -0.146. The molecule has 0 spiro atoms. The quantitative estimate of drug-likeness (QED) is 0.756. The molecule has 1 aromatic carbocycles. The van der Waals surface area contributed by atoms with Crippen LogP contribution in [0.3, 0.4) is 0 Å². The molecule has 0 amide bonds. The number of fused-ring (bicyclic) bond motifs is 1. The Kier molecular flexibility index (Phi) is 2.15. The van der Waals surface area contributed by atoms with Crippen LogP contribution < -0.4 is 0 Å². The first-order valence-electron chi connectivity index (χ1n) is 3.97. The predicted octanol–water partition coefficient (Wildman–Crippen LogP) is 1.45. The van der Waals surface area contributed by atoms with Gasteiger partial charge in [0.25, 0.3) is 0 Å². The van der Waals surface area contributed by atoms with Crippen molar-refractivity contribution in [3.8, 4) is 5.75 Å². The number of carbonyl (C=O) groups excluding carboxylic acids is 1. The van der Waals surface area contributed by atoms with Gasteiger partial charge >= 0.3 is 11.9 Å². The minimum Gasteiger partial charge on any atom is -0.507 e. The molecule has 1 atom stereocenters. The van der Waals surface area contributed by atoms with E-state index >= 15 is 0 Å². The minimum absolute atomic E-state index is 0.0717. The van der Waals surface area contributed by atoms with Crippen molar-refractivity contribution in [2.75, 3.05) is 0 Å². The number of cyclic esters (lactones) is 1. The van der Waals surface area contributed by atoms with Gasteiger partial charge in [-0.15, -0.1) is 0 Å². The van der Waals surface area contributed by atoms with Gasteiger partial charge in [-0.3, -0.25) is 0 Å². The highest BCUT2D eigenvalue weighted by atomic mass is 79.9. The van der Waals surface area contributed by atoms with Crippen LogP contribution in [0.1, 0.15) is 22.0 Å². The molecule has 1 aliphatic heterocycles. The van der Waals surface area contributed by atoms with E-state index in [4.69, 9.17) is 5.11 Å². The third kappa shape index (κ3) is 1.37. The number of hydrogen-bond acceptors (Lipinski definition) is 4. The molecule has 1 unspecified atom stereocenters. The Morgan fingerprint density at radius 3 is 2.73 bits per heavy atom. The molecule has 15 heavy (non-hydrogen) atoms. The van der Waals surface area contributed by atoms with Crippen LogP contribution >= 0.6 is 15.9 Å². The first-order chi connectivity index (χ1) is 7.02. The van der Waals surface area contributed by atoms with E-state index in [1.807, 2.05) is 0 Å². The van der Waals surface area contributed by atoms with Crippen molar-refractivity contribution in [3.63, 3.8) is 0 Å². The molecule has 5 nitrogen and oxygen atoms in total. The van der Waals surface area contributed by atoms with Gasteiger partial charge in [-0.05, 0) is 22.0 Å². The maximum Gasteiger partial charge on any atom is 0.349 e. The van der Waals surface area contributed by atoms with Crippen molar-refractivity contribution < 1.29 is 24.5 Å². The molecular weight excluding hydrogens is 268 g/mol. The molecule has 0 radical (unpaired) electrons. The van der Waals surface area contributed by atoms with E-state index in [1.165, 1.54) is 12.1 Å². The number of carbonyl (C=O) groups is 2. The Hall–Kier alpha value is -1.56. The van der Waals surface area contributed by atoms with Crippen LogP contribution in [-0.4, -0.2) is 22.2 Å². The number of ether oxygens (including phenoxy) is 1. The summed E-state index contributed by atoms with van der Waals surface area (Å²) in [4.78, 5) is 22.1. The van der Waals surface area contributed by atoms with Crippen LogP contribution in [0.15, 0.2) is 16.6 Å². The van der Waals surface area contributed by atoms with Gasteiger partial charge in [0.05, 0.1) is 10.0 Å². The number of phenolic OH excluding ortho intramolecular Hbond substituents is 1. The molecule has 0 fully saturated rings. The Balaban J connectivity index is 2.64. The molecule has 2 rings (SSSR count). The van der Waals surface area contributed by atoms with Gasteiger partial charge in [0, 0.05) is 5.56 Å². The number of halogens is 1. The van der Waals surface area contributed by atoms with Crippen molar-refractivity contribution in [1.29, 1.82) is 0 Å². The third-order valence-electron chi connectivity index (χ3n) is 2.09. The lowest BCUT2D eigenvalue weighted by Gasteiger charge is -2.04. The zero-order valence-electron chi connectivity index (χ0n) is 7.23. The largest absolute Gasteiger partial charge is 0.507 e. The number of aliphatic carboxylic acids is 1. The summed E-state index contributed by atoms with van der Waals surface area (Å²) in [5, 5.41) is 18.1. The molecule has 6 heteroatoms. The molecule has 1 heterocycles. The van der Waals surface area contributed by atoms with Crippen molar-refractivity contribution in [1.82, 2.24) is 0 Å². The zero-order chi connectivity index (χ0) is 11.2. The summed E-state index contributed by atoms with van der Waals surface area (Å²) in [6, 6.07) is 2.67. The zero-order valence-corrected chi connectivity index (χ0v) is 8.82. The molecule has 78 valence electrons. The van der Waals surface area contributed by atoms with E-state index in [2.05, 4.69) is 20.7 Å². The highest BCUT2D eigenvalue weighted by Gasteiger charge is 2.38. The molecule has 0 saturated carbocycles. The first kappa shape index (κ1) is 9.97. The number of benzene rings is 1. The van der Waals surface area contributed by atoms with Crippen LogP contribution in [0.4, 0.5) is 0 Å². The number of rotatable bonds is 1. The molecular formula is C9H5BrO5. The topological polar surface area (TPSA) is 83.8 Å². The van der Waals surface area contributed by atoms with E-state index in [-0.39, 0.29) is 21.3 Å². The number of carboxylic acids is 1. The fourth-order valence-electron chi connectivity index (χ4n) is 1.42. The normalized spacial score (nSPS) is 18.5. The van der Waals surface area contributed by atoms with Crippen molar-refractivity contribution in [2.45, 2.75) is 6.10 Å². The van der Waals surface area contributed by atoms with E-state index in [9.17, 15) is 14.7 Å². The molecule has 0 saturated heterocycles. The first-order valence-corrected chi connectivity index (χ1v) is 4.77. The molecule has 1 aromatic rings. The number of phenols is 1. The number of hydrogen-bond donors (Lipinski definition) is 2. The molecule has 0 bridgehead atoms. The summed E-state index contributed by atoms with van der Waals surface area (Å²) >= 11 is 3.00. The summed E-state index contributed by atoms with van der Waals surface area (Å²) in [7, 11) is 0. The SMILES string of the molecule is O=C1OC(C(=O)O)c2ccc(O)c(Br)c21. The van der Waals surface area contributed by atoms with E-state index in [1.54, 1.807) is 0 Å². The minimum atomic E-state index is -1.29. The highest BCUT2D eigenvalue weighted by Crippen LogP contribution is 2.39. The monoisotopic (exact) mass is 272 g/mol. The van der Waals surface area contributed by atoms with Crippen LogP contribution in [-0.2, 0) is 9.53 Å². The van der Waals surface area contributed by atoms with Crippen LogP contribution in [0.2, 0.25) is 0 Å². The average molecular weight is 273 g/mol. The van der Waals surface area contributed by atoms with E-state index in [0.717, 1.165) is 0 Å². The van der Waals surface area contributed by atoms with Crippen molar-refractivity contribution >= 4 is 27.9 Å². The Labute approximate surface area is 92.4 Å². The lowest BCUT2D eigenvalue weighted by Crippen LogP contribution is -2.10. The Morgan fingerprint density at radius 2 is 2.13 bits per heavy atom. The molecule has 1 aliphatic rings. The lowest BCUT2D eigenvalue weighted by atomic mass is 10.1. The Bertz CT molecular complexity index is 468. The van der Waals surface area contributed by atoms with Gasteiger partial charge in [0.1, 0.15) is 5.75 Å². The highest BCUT2D eigenvalue weighted by molar-refractivity contribution is 9.10. The molecule has 2 N–H and O–H groups in total. The summed E-state index contributed by atoms with van der Waals surface area (Å²) in [6.07, 6.45) is -1.29. The van der Waals surface area contributed by atoms with Gasteiger partial charge in [-0.1, -0.05) is 6.07 Å². The van der Waals surface area contributed by atoms with E-state index in [0.29, 0.717) is 0 Å². The number of aromatic hydroxyl groups is 1. The van der Waals surface area contributed by atoms with Gasteiger partial charge in [-0.2, -0.15) is 0 Å². The molecule has 0 aliphatic carbocycles. The van der Waals surface area contributed by atoms with Crippen LogP contribution in [0.25, 0.3) is 0 Å². The third-order valence-corrected chi connectivity index (χ3v) is 2.89. The standard InChI is InChI=1S/C9H5BrO5/c10-6-4(11)2-1-3-5(6)9(14)15-7(3)8(12)13/h1-2,7,11H,(H,12,13). The van der Waals surface area contributed by atoms with Gasteiger partial charge < -0.3 is 14.9 Å². The predicted molar refractivity (Wildman–Crippen MR) is 51.6 cm³/mol. The fraction of sp³-hybridized carbons (Fsp3) is 0.111. The second-order valence-electron chi connectivity index (χ2n) is 2.99. The maximum atomic E-state index is 11.3. The van der Waals surface area contributed by atoms with Gasteiger partial charge in [0.15, 0.2) is 0 Å². The summed E-state index contributed by atoms with van der Waals surface area (Å²) in [5.41, 5.74) is 0.319. The summed E-state index contributed by atoms with van der Waals surface area (Å²) in [5.74, 6) is -2.11. The van der Waals surface area contributed by atoms with Crippen LogP contribution in [0.5, 0.6) is 5.75 Å². The number of esters is 1. The fourth-order valence-corrected chi connectivity index (χ4v) is 1.94. The van der Waals surface area contributed by atoms with Crippen molar-refractivity contribution in [3.05, 3.63) is 27.7 Å². The summed E-state index contributed by atoms with van der Waals surface area (Å²) < 4.78 is 4.81. The van der Waals surface area contributed by atoms with E-state index < -0.39 is 18.0 Å². The second-order valence-corrected chi connectivity index (χ2v) is 3.78. The van der Waals surface area contributed by atoms with Crippen LogP contribution in [0, 0.1) is 0 Å². The molecule has 0 aromatic heterocycles. The van der Waals surface area contributed by atoms with Crippen molar-refractivity contribution in [2.24, 2.45) is 0 Å². The second kappa shape index (κ2) is 3.23. The Morgan fingerprint density at radius 1 is 1.47 bits per heavy atom. The maximum absolute atomic E-state index is 11.3. The van der Waals surface area contributed by atoms with Gasteiger partial charge in [0.2, 0.25) is 6.10 Å².